The third kappa shape index (κ3) is 6.23. The van der Waals surface area contributed by atoms with Gasteiger partial charge in [0.1, 0.15) is 0 Å². The van der Waals surface area contributed by atoms with Crippen molar-refractivity contribution in [3.63, 3.8) is 0 Å². The molecule has 0 atom stereocenters. The number of carbonyl (C=O) groups excluding carboxylic acids is 1. The van der Waals surface area contributed by atoms with Crippen LogP contribution in [0.1, 0.15) is 51.4 Å². The van der Waals surface area contributed by atoms with E-state index in [1.807, 2.05) is 0 Å². The highest BCUT2D eigenvalue weighted by Crippen LogP contribution is 2.26. The van der Waals surface area contributed by atoms with Gasteiger partial charge in [-0.05, 0) is 12.8 Å². The van der Waals surface area contributed by atoms with Crippen molar-refractivity contribution in [2.45, 2.75) is 63.1 Å². The number of rotatable bonds is 4. The minimum Gasteiger partial charge on any atom is -0.388 e. The second kappa shape index (κ2) is 6.41. The van der Waals surface area contributed by atoms with Gasteiger partial charge in [0.25, 0.3) is 0 Å². The summed E-state index contributed by atoms with van der Waals surface area (Å²) in [7, 11) is 0. The molecule has 1 fully saturated rings. The lowest BCUT2D eigenvalue weighted by atomic mass is 9.94. The molecule has 0 heterocycles. The molecule has 0 radical (unpaired) electrons. The van der Waals surface area contributed by atoms with E-state index < -0.39 is 30.5 Å². The molecule has 3 nitrogen and oxygen atoms in total. The van der Waals surface area contributed by atoms with Crippen LogP contribution in [-0.2, 0) is 4.79 Å². The smallest absolute Gasteiger partial charge is 0.388 e. The summed E-state index contributed by atoms with van der Waals surface area (Å²) >= 11 is 0. The quantitative estimate of drug-likeness (QED) is 0.769. The van der Waals surface area contributed by atoms with E-state index in [0.29, 0.717) is 12.8 Å². The Morgan fingerprint density at radius 1 is 1.17 bits per heavy atom. The number of nitrogens with one attached hydrogen (secondary N) is 1. The number of carbonyl (C=O) groups is 1. The van der Waals surface area contributed by atoms with E-state index in [4.69, 9.17) is 0 Å². The van der Waals surface area contributed by atoms with Crippen LogP contribution in [0.25, 0.3) is 0 Å². The maximum atomic E-state index is 11.9. The molecule has 0 bridgehead atoms. The van der Waals surface area contributed by atoms with Gasteiger partial charge in [0.2, 0.25) is 5.91 Å². The molecule has 18 heavy (non-hydrogen) atoms. The van der Waals surface area contributed by atoms with Gasteiger partial charge < -0.3 is 10.4 Å². The monoisotopic (exact) mass is 267 g/mol. The van der Waals surface area contributed by atoms with Gasteiger partial charge in [-0.25, -0.2) is 0 Å². The molecule has 0 aromatic heterocycles. The van der Waals surface area contributed by atoms with Crippen LogP contribution in [0, 0.1) is 0 Å². The van der Waals surface area contributed by atoms with Crippen molar-refractivity contribution >= 4 is 5.91 Å². The van der Waals surface area contributed by atoms with Gasteiger partial charge in [-0.1, -0.05) is 25.7 Å². The summed E-state index contributed by atoms with van der Waals surface area (Å²) in [5.74, 6) is -0.648. The van der Waals surface area contributed by atoms with Crippen LogP contribution < -0.4 is 5.32 Å². The minimum absolute atomic E-state index is 0.0592. The summed E-state index contributed by atoms with van der Waals surface area (Å²) in [6, 6.07) is 0. The Morgan fingerprint density at radius 2 is 1.72 bits per heavy atom. The normalized spacial score (nSPS) is 20.2. The third-order valence-corrected chi connectivity index (χ3v) is 3.28. The van der Waals surface area contributed by atoms with E-state index in [1.54, 1.807) is 0 Å². The summed E-state index contributed by atoms with van der Waals surface area (Å²) < 4.78 is 35.7. The number of amides is 1. The summed E-state index contributed by atoms with van der Waals surface area (Å²) in [5.41, 5.74) is -0.940. The summed E-state index contributed by atoms with van der Waals surface area (Å²) in [5, 5.41) is 12.6. The molecule has 1 aliphatic rings. The topological polar surface area (TPSA) is 49.3 Å². The molecular formula is C12H20F3NO2. The Labute approximate surface area is 105 Å². The van der Waals surface area contributed by atoms with Crippen molar-refractivity contribution in [2.75, 3.05) is 6.54 Å². The fraction of sp³-hybridized carbons (Fsp3) is 0.917. The number of hydrogen-bond acceptors (Lipinski definition) is 2. The van der Waals surface area contributed by atoms with Gasteiger partial charge in [0, 0.05) is 13.0 Å². The summed E-state index contributed by atoms with van der Waals surface area (Å²) in [4.78, 5) is 11.2. The van der Waals surface area contributed by atoms with Gasteiger partial charge in [0.05, 0.1) is 12.0 Å². The molecule has 0 spiro atoms. The standard InChI is InChI=1S/C12H20F3NO2/c13-12(14,15)8-5-10(17)16-9-11(18)6-3-1-2-4-7-11/h18H,1-9H2,(H,16,17). The van der Waals surface area contributed by atoms with Crippen molar-refractivity contribution in [2.24, 2.45) is 0 Å². The van der Waals surface area contributed by atoms with Gasteiger partial charge in [0.15, 0.2) is 0 Å². The molecule has 6 heteroatoms. The van der Waals surface area contributed by atoms with Crippen molar-refractivity contribution in [3.05, 3.63) is 0 Å². The van der Waals surface area contributed by atoms with Crippen molar-refractivity contribution in [1.29, 1.82) is 0 Å². The van der Waals surface area contributed by atoms with Crippen LogP contribution in [0.5, 0.6) is 0 Å². The average Bonchev–Trinajstić information content (AvgIpc) is 2.48. The molecule has 106 valence electrons. The Balaban J connectivity index is 2.28. The zero-order chi connectivity index (χ0) is 13.6. The molecule has 0 saturated heterocycles. The lowest BCUT2D eigenvalue weighted by Gasteiger charge is -2.26. The van der Waals surface area contributed by atoms with E-state index in [9.17, 15) is 23.1 Å². The van der Waals surface area contributed by atoms with E-state index >= 15 is 0 Å². The van der Waals surface area contributed by atoms with E-state index in [1.165, 1.54) is 0 Å². The first-order valence-electron chi connectivity index (χ1n) is 6.37. The highest BCUT2D eigenvalue weighted by Gasteiger charge is 2.30. The lowest BCUT2D eigenvalue weighted by molar-refractivity contribution is -0.144. The van der Waals surface area contributed by atoms with Gasteiger partial charge in [-0.15, -0.1) is 0 Å². The van der Waals surface area contributed by atoms with E-state index in [0.717, 1.165) is 25.7 Å². The Kier molecular flexibility index (Phi) is 5.44. The number of alkyl halides is 3. The maximum absolute atomic E-state index is 11.9. The SMILES string of the molecule is O=C(CCC(F)(F)F)NCC1(O)CCCCCC1. The molecule has 2 N–H and O–H groups in total. The number of halogens is 3. The van der Waals surface area contributed by atoms with Crippen molar-refractivity contribution in [1.82, 2.24) is 5.32 Å². The second-order valence-electron chi connectivity index (χ2n) is 5.03. The van der Waals surface area contributed by atoms with Gasteiger partial charge in [-0.3, -0.25) is 4.79 Å². The Bertz CT molecular complexity index is 271. The van der Waals surface area contributed by atoms with E-state index in [2.05, 4.69) is 5.32 Å². The first-order valence-corrected chi connectivity index (χ1v) is 6.37. The van der Waals surface area contributed by atoms with Gasteiger partial charge in [-0.2, -0.15) is 13.2 Å². The van der Waals surface area contributed by atoms with Crippen LogP contribution in [0.15, 0.2) is 0 Å². The number of aliphatic hydroxyl groups is 1. The molecule has 0 unspecified atom stereocenters. The largest absolute Gasteiger partial charge is 0.389 e. The predicted octanol–water partition coefficient (Wildman–Crippen LogP) is 2.53. The van der Waals surface area contributed by atoms with Crippen LogP contribution in [0.4, 0.5) is 13.2 Å². The number of hydrogen-bond donors (Lipinski definition) is 2. The minimum atomic E-state index is -4.31. The van der Waals surface area contributed by atoms with Crippen LogP contribution in [0.3, 0.4) is 0 Å². The lowest BCUT2D eigenvalue weighted by Crippen LogP contribution is -2.42. The predicted molar refractivity (Wildman–Crippen MR) is 61.0 cm³/mol. The molecule has 1 rings (SSSR count). The zero-order valence-electron chi connectivity index (χ0n) is 10.4. The van der Waals surface area contributed by atoms with E-state index in [-0.39, 0.29) is 6.54 Å². The van der Waals surface area contributed by atoms with Crippen LogP contribution >= 0.6 is 0 Å². The van der Waals surface area contributed by atoms with Crippen molar-refractivity contribution in [3.8, 4) is 0 Å². The third-order valence-electron chi connectivity index (χ3n) is 3.28. The summed E-state index contributed by atoms with van der Waals surface area (Å²) in [6.45, 7) is 0.0592. The Morgan fingerprint density at radius 3 is 2.22 bits per heavy atom. The molecule has 0 aliphatic heterocycles. The van der Waals surface area contributed by atoms with Crippen LogP contribution in [-0.4, -0.2) is 29.3 Å². The van der Waals surface area contributed by atoms with Crippen molar-refractivity contribution < 1.29 is 23.1 Å². The fourth-order valence-electron chi connectivity index (χ4n) is 2.17. The first-order chi connectivity index (χ1) is 8.31. The summed E-state index contributed by atoms with van der Waals surface area (Å²) in [6.07, 6.45) is -0.870. The van der Waals surface area contributed by atoms with Crippen LogP contribution in [0.2, 0.25) is 0 Å². The highest BCUT2D eigenvalue weighted by molar-refractivity contribution is 5.75. The molecular weight excluding hydrogens is 247 g/mol. The maximum Gasteiger partial charge on any atom is 0.389 e. The molecule has 1 aliphatic carbocycles. The fourth-order valence-corrected chi connectivity index (χ4v) is 2.17. The second-order valence-corrected chi connectivity index (χ2v) is 5.03. The molecule has 1 amide bonds. The first kappa shape index (κ1) is 15.3. The average molecular weight is 267 g/mol. The highest BCUT2D eigenvalue weighted by atomic mass is 19.4. The molecule has 1 saturated carbocycles. The molecule has 0 aromatic rings. The zero-order valence-corrected chi connectivity index (χ0v) is 10.4. The Hall–Kier alpha value is -0.780. The van der Waals surface area contributed by atoms with Gasteiger partial charge >= 0.3 is 6.18 Å². The molecule has 0 aromatic carbocycles.